The van der Waals surface area contributed by atoms with Gasteiger partial charge in [0.2, 0.25) is 5.82 Å². The number of nitrogens with one attached hydrogen (secondary N) is 3. The number of hydrogen-bond donors (Lipinski definition) is 3. The Balaban J connectivity index is 1.32. The Morgan fingerprint density at radius 3 is 3.10 bits per heavy atom. The largest absolute Gasteiger partial charge is 0.461 e. The number of H-pyrrole nitrogens is 1. The van der Waals surface area contributed by atoms with Crippen LogP contribution in [0.1, 0.15) is 18.7 Å². The Hall–Kier alpha value is -3.36. The summed E-state index contributed by atoms with van der Waals surface area (Å²) in [6.45, 7) is 2.16. The number of halogens is 1. The molecule has 0 amide bonds. The van der Waals surface area contributed by atoms with Gasteiger partial charge in [-0.1, -0.05) is 6.07 Å². The van der Waals surface area contributed by atoms with E-state index in [1.165, 1.54) is 6.07 Å². The Morgan fingerprint density at radius 1 is 1.38 bits per heavy atom. The molecule has 1 saturated heterocycles. The lowest BCUT2D eigenvalue weighted by Gasteiger charge is -2.35. The topological polar surface area (TPSA) is 94.4 Å². The summed E-state index contributed by atoms with van der Waals surface area (Å²) in [5.41, 5.74) is 0.909. The summed E-state index contributed by atoms with van der Waals surface area (Å²) in [5, 5.41) is 13.8. The van der Waals surface area contributed by atoms with Crippen molar-refractivity contribution >= 4 is 11.6 Å². The standard InChI is InChI=1S/C20H24FN7O/c1-22-20(23-12-18-25-19(27-26-18)17-8-4-10-29-17)24-15-6-3-9-28(13-15)16-7-2-5-14(21)11-16/h2,4-5,7-8,10-11,15H,3,6,9,12-13H2,1H3,(H2,22,23,24)(H,25,26,27). The summed E-state index contributed by atoms with van der Waals surface area (Å²) >= 11 is 0. The monoisotopic (exact) mass is 397 g/mol. The molecular weight excluding hydrogens is 373 g/mol. The molecule has 1 fully saturated rings. The lowest BCUT2D eigenvalue weighted by atomic mass is 10.0. The number of benzene rings is 1. The van der Waals surface area contributed by atoms with Gasteiger partial charge in [-0.25, -0.2) is 9.37 Å². The van der Waals surface area contributed by atoms with Gasteiger partial charge in [0, 0.05) is 31.9 Å². The van der Waals surface area contributed by atoms with E-state index in [1.807, 2.05) is 12.1 Å². The molecule has 1 aliphatic rings. The van der Waals surface area contributed by atoms with Crippen LogP contribution in [0.2, 0.25) is 0 Å². The lowest BCUT2D eigenvalue weighted by Crippen LogP contribution is -2.51. The third-order valence-corrected chi connectivity index (χ3v) is 4.86. The van der Waals surface area contributed by atoms with Crippen LogP contribution in [0.25, 0.3) is 11.6 Å². The van der Waals surface area contributed by atoms with Crippen LogP contribution >= 0.6 is 0 Å². The molecule has 2 aromatic heterocycles. The van der Waals surface area contributed by atoms with Gasteiger partial charge in [0.15, 0.2) is 11.7 Å². The summed E-state index contributed by atoms with van der Waals surface area (Å²) in [7, 11) is 1.73. The molecule has 1 aliphatic heterocycles. The minimum Gasteiger partial charge on any atom is -0.461 e. The Labute approximate surface area is 168 Å². The molecule has 0 spiro atoms. The molecule has 3 heterocycles. The van der Waals surface area contributed by atoms with E-state index in [9.17, 15) is 4.39 Å². The van der Waals surface area contributed by atoms with Crippen LogP contribution < -0.4 is 15.5 Å². The van der Waals surface area contributed by atoms with Crippen molar-refractivity contribution in [3.63, 3.8) is 0 Å². The summed E-state index contributed by atoms with van der Waals surface area (Å²) in [5.74, 6) is 2.30. The van der Waals surface area contributed by atoms with Crippen LogP contribution in [0.15, 0.2) is 52.1 Å². The van der Waals surface area contributed by atoms with Gasteiger partial charge < -0.3 is 20.0 Å². The second-order valence-electron chi connectivity index (χ2n) is 6.92. The summed E-state index contributed by atoms with van der Waals surface area (Å²) < 4.78 is 18.9. The second-order valence-corrected chi connectivity index (χ2v) is 6.92. The molecule has 0 radical (unpaired) electrons. The molecule has 4 rings (SSSR count). The fraction of sp³-hybridized carbons (Fsp3) is 0.350. The first-order valence-electron chi connectivity index (χ1n) is 9.64. The van der Waals surface area contributed by atoms with Crippen LogP contribution in [-0.4, -0.2) is 47.3 Å². The highest BCUT2D eigenvalue weighted by atomic mass is 19.1. The van der Waals surface area contributed by atoms with Gasteiger partial charge in [-0.2, -0.15) is 0 Å². The second kappa shape index (κ2) is 8.76. The molecule has 8 nitrogen and oxygen atoms in total. The number of anilines is 1. The van der Waals surface area contributed by atoms with E-state index in [2.05, 4.69) is 35.7 Å². The number of nitrogens with zero attached hydrogens (tertiary/aromatic N) is 4. The van der Waals surface area contributed by atoms with Gasteiger partial charge in [-0.3, -0.25) is 10.1 Å². The molecule has 0 aliphatic carbocycles. The number of aliphatic imine (C=N–C) groups is 1. The van der Waals surface area contributed by atoms with E-state index in [4.69, 9.17) is 4.42 Å². The fourth-order valence-corrected chi connectivity index (χ4v) is 3.45. The zero-order chi connectivity index (χ0) is 20.1. The Kier molecular flexibility index (Phi) is 5.73. The van der Waals surface area contributed by atoms with Gasteiger partial charge in [0.1, 0.15) is 11.6 Å². The van der Waals surface area contributed by atoms with Crippen molar-refractivity contribution in [2.24, 2.45) is 4.99 Å². The average molecular weight is 397 g/mol. The van der Waals surface area contributed by atoms with E-state index in [0.29, 0.717) is 29.9 Å². The molecule has 1 unspecified atom stereocenters. The number of hydrogen-bond acceptors (Lipinski definition) is 5. The number of furan rings is 1. The summed E-state index contributed by atoms with van der Waals surface area (Å²) in [6.07, 6.45) is 3.64. The third kappa shape index (κ3) is 4.74. The van der Waals surface area contributed by atoms with E-state index >= 15 is 0 Å². The highest BCUT2D eigenvalue weighted by molar-refractivity contribution is 5.80. The lowest BCUT2D eigenvalue weighted by molar-refractivity contribution is 0.467. The van der Waals surface area contributed by atoms with Crippen molar-refractivity contribution < 1.29 is 8.81 Å². The Morgan fingerprint density at radius 2 is 2.31 bits per heavy atom. The summed E-state index contributed by atoms with van der Waals surface area (Å²) in [4.78, 5) is 10.9. The van der Waals surface area contributed by atoms with Gasteiger partial charge in [-0.05, 0) is 43.2 Å². The van der Waals surface area contributed by atoms with E-state index in [-0.39, 0.29) is 11.9 Å². The smallest absolute Gasteiger partial charge is 0.216 e. The quantitative estimate of drug-likeness (QED) is 0.452. The number of guanidine groups is 1. The van der Waals surface area contributed by atoms with Crippen LogP contribution in [-0.2, 0) is 6.54 Å². The highest BCUT2D eigenvalue weighted by Gasteiger charge is 2.21. The molecule has 9 heteroatoms. The molecule has 0 saturated carbocycles. The average Bonchev–Trinajstić information content (AvgIpc) is 3.43. The number of rotatable bonds is 5. The van der Waals surface area contributed by atoms with Crippen molar-refractivity contribution in [3.8, 4) is 11.6 Å². The van der Waals surface area contributed by atoms with E-state index in [1.54, 1.807) is 31.5 Å². The normalized spacial score (nSPS) is 17.4. The van der Waals surface area contributed by atoms with E-state index < -0.39 is 0 Å². The van der Waals surface area contributed by atoms with Crippen molar-refractivity contribution in [1.29, 1.82) is 0 Å². The van der Waals surface area contributed by atoms with Gasteiger partial charge in [0.25, 0.3) is 0 Å². The molecule has 3 N–H and O–H groups in total. The molecule has 152 valence electrons. The van der Waals surface area contributed by atoms with Gasteiger partial charge in [0.05, 0.1) is 12.8 Å². The maximum Gasteiger partial charge on any atom is 0.216 e. The van der Waals surface area contributed by atoms with Crippen molar-refractivity contribution in [1.82, 2.24) is 25.8 Å². The molecule has 1 aromatic carbocycles. The first-order valence-corrected chi connectivity index (χ1v) is 9.64. The molecule has 0 bridgehead atoms. The van der Waals surface area contributed by atoms with Crippen molar-refractivity contribution in [2.45, 2.75) is 25.4 Å². The van der Waals surface area contributed by atoms with Crippen LogP contribution in [0.5, 0.6) is 0 Å². The zero-order valence-electron chi connectivity index (χ0n) is 16.2. The minimum absolute atomic E-state index is 0.212. The predicted molar refractivity (Wildman–Crippen MR) is 109 cm³/mol. The van der Waals surface area contributed by atoms with E-state index in [0.717, 1.165) is 31.6 Å². The van der Waals surface area contributed by atoms with Crippen LogP contribution in [0.4, 0.5) is 10.1 Å². The van der Waals surface area contributed by atoms with Gasteiger partial charge >= 0.3 is 0 Å². The predicted octanol–water partition coefficient (Wildman–Crippen LogP) is 2.54. The first-order chi connectivity index (χ1) is 14.2. The van der Waals surface area contributed by atoms with Crippen molar-refractivity contribution in [2.75, 3.05) is 25.0 Å². The first kappa shape index (κ1) is 19.0. The number of aromatic amines is 1. The van der Waals surface area contributed by atoms with Crippen LogP contribution in [0.3, 0.4) is 0 Å². The molecular formula is C20H24FN7O. The highest BCUT2D eigenvalue weighted by Crippen LogP contribution is 2.20. The molecule has 3 aromatic rings. The third-order valence-electron chi connectivity index (χ3n) is 4.86. The SMILES string of the molecule is CN=C(NCc1nc(-c2ccco2)n[nH]1)NC1CCCN(c2cccc(F)c2)C1. The minimum atomic E-state index is -0.212. The number of piperidine rings is 1. The van der Waals surface area contributed by atoms with Crippen molar-refractivity contribution in [3.05, 3.63) is 54.3 Å². The molecule has 29 heavy (non-hydrogen) atoms. The van der Waals surface area contributed by atoms with Crippen LogP contribution in [0, 0.1) is 5.82 Å². The molecule has 1 atom stereocenters. The maximum atomic E-state index is 13.5. The Bertz CT molecular complexity index is 953. The fourth-order valence-electron chi connectivity index (χ4n) is 3.45. The summed E-state index contributed by atoms with van der Waals surface area (Å²) in [6, 6.07) is 10.6. The maximum absolute atomic E-state index is 13.5. The number of aromatic nitrogens is 3. The van der Waals surface area contributed by atoms with Gasteiger partial charge in [-0.15, -0.1) is 5.10 Å². The zero-order valence-corrected chi connectivity index (χ0v) is 16.2.